The number of halogens is 1. The van der Waals surface area contributed by atoms with E-state index in [4.69, 9.17) is 16.0 Å². The van der Waals surface area contributed by atoms with E-state index in [2.05, 4.69) is 17.2 Å². The molecule has 3 aromatic rings. The van der Waals surface area contributed by atoms with Gasteiger partial charge in [-0.15, -0.1) is 11.3 Å². The molecule has 124 valence electrons. The molecular formula is C18H17ClN2O2S. The van der Waals surface area contributed by atoms with Crippen LogP contribution >= 0.6 is 22.9 Å². The van der Waals surface area contributed by atoms with Gasteiger partial charge in [-0.25, -0.2) is 4.98 Å². The van der Waals surface area contributed by atoms with Crippen molar-refractivity contribution < 1.29 is 9.21 Å². The number of hydrogen-bond acceptors (Lipinski definition) is 4. The van der Waals surface area contributed by atoms with E-state index in [9.17, 15) is 4.79 Å². The van der Waals surface area contributed by atoms with Gasteiger partial charge in [0.05, 0.1) is 5.69 Å². The molecule has 0 saturated carbocycles. The van der Waals surface area contributed by atoms with Crippen LogP contribution in [0.4, 0.5) is 5.13 Å². The number of carbonyl (C=O) groups excluding carboxylic acids is 1. The maximum Gasteiger partial charge on any atom is 0.293 e. The number of benzene rings is 1. The Labute approximate surface area is 148 Å². The summed E-state index contributed by atoms with van der Waals surface area (Å²) in [4.78, 5) is 18.5. The monoisotopic (exact) mass is 360 g/mol. The molecule has 0 radical (unpaired) electrons. The Balaban J connectivity index is 1.62. The number of aryl methyl sites for hydroxylation is 2. The molecule has 1 amide bonds. The van der Waals surface area contributed by atoms with E-state index in [1.54, 1.807) is 23.5 Å². The van der Waals surface area contributed by atoms with Crippen LogP contribution in [-0.2, 0) is 12.8 Å². The molecule has 4 rings (SSSR count). The average Bonchev–Trinajstić information content (AvgIpc) is 3.08. The molecule has 6 heteroatoms. The Bertz CT molecular complexity index is 944. The van der Waals surface area contributed by atoms with Gasteiger partial charge in [-0.1, -0.05) is 18.5 Å². The van der Waals surface area contributed by atoms with Crippen molar-refractivity contribution in [1.82, 2.24) is 4.98 Å². The van der Waals surface area contributed by atoms with Gasteiger partial charge in [0.1, 0.15) is 5.58 Å². The van der Waals surface area contributed by atoms with E-state index in [-0.39, 0.29) is 5.91 Å². The van der Waals surface area contributed by atoms with Gasteiger partial charge in [-0.3, -0.25) is 10.1 Å². The highest BCUT2D eigenvalue weighted by Gasteiger charge is 2.23. The second-order valence-corrected chi connectivity index (χ2v) is 7.91. The van der Waals surface area contributed by atoms with Crippen molar-refractivity contribution in [2.24, 2.45) is 5.92 Å². The third kappa shape index (κ3) is 2.72. The van der Waals surface area contributed by atoms with Gasteiger partial charge in [0.25, 0.3) is 5.91 Å². The van der Waals surface area contributed by atoms with E-state index in [1.165, 1.54) is 4.88 Å². The summed E-state index contributed by atoms with van der Waals surface area (Å²) in [5.74, 6) is 0.733. The summed E-state index contributed by atoms with van der Waals surface area (Å²) in [5.41, 5.74) is 2.58. The number of amides is 1. The topological polar surface area (TPSA) is 55.1 Å². The zero-order valence-electron chi connectivity index (χ0n) is 13.5. The second kappa shape index (κ2) is 5.90. The Hall–Kier alpha value is -1.85. The zero-order valence-corrected chi connectivity index (χ0v) is 15.1. The molecule has 0 spiro atoms. The molecule has 2 aromatic heterocycles. The van der Waals surface area contributed by atoms with Crippen molar-refractivity contribution in [2.45, 2.75) is 33.1 Å². The van der Waals surface area contributed by atoms with Gasteiger partial charge in [0, 0.05) is 20.8 Å². The van der Waals surface area contributed by atoms with Crippen LogP contribution in [0.1, 0.15) is 40.0 Å². The maximum atomic E-state index is 12.6. The SMILES string of the molecule is Cc1c(C(=O)Nc2nc3c(s2)C[C@H](C)CC3)oc2ccc(Cl)cc12. The predicted octanol–water partition coefficient (Wildman–Crippen LogP) is 5.23. The quantitative estimate of drug-likeness (QED) is 0.680. The lowest BCUT2D eigenvalue weighted by atomic mass is 9.93. The number of aromatic nitrogens is 1. The number of carbonyl (C=O) groups is 1. The fourth-order valence-electron chi connectivity index (χ4n) is 3.16. The van der Waals surface area contributed by atoms with Crippen LogP contribution in [0.2, 0.25) is 5.02 Å². The number of nitrogens with one attached hydrogen (secondary N) is 1. The Morgan fingerprint density at radius 1 is 1.46 bits per heavy atom. The fourth-order valence-corrected chi connectivity index (χ4v) is 4.50. The minimum Gasteiger partial charge on any atom is -0.451 e. The number of furan rings is 1. The Kier molecular flexibility index (Phi) is 3.85. The first-order valence-corrected chi connectivity index (χ1v) is 9.19. The van der Waals surface area contributed by atoms with Crippen LogP contribution < -0.4 is 5.32 Å². The highest BCUT2D eigenvalue weighted by Crippen LogP contribution is 2.33. The smallest absolute Gasteiger partial charge is 0.293 e. The van der Waals surface area contributed by atoms with Crippen LogP contribution in [0.5, 0.6) is 0 Å². The van der Waals surface area contributed by atoms with Crippen molar-refractivity contribution in [3.05, 3.63) is 45.1 Å². The number of rotatable bonds is 2. The summed E-state index contributed by atoms with van der Waals surface area (Å²) < 4.78 is 5.71. The van der Waals surface area contributed by atoms with Crippen LogP contribution in [0, 0.1) is 12.8 Å². The number of anilines is 1. The third-order valence-corrected chi connectivity index (χ3v) is 5.78. The van der Waals surface area contributed by atoms with Crippen molar-refractivity contribution in [3.8, 4) is 0 Å². The molecular weight excluding hydrogens is 344 g/mol. The molecule has 1 aromatic carbocycles. The summed E-state index contributed by atoms with van der Waals surface area (Å²) in [6.45, 7) is 4.12. The lowest BCUT2D eigenvalue weighted by molar-refractivity contribution is 0.0998. The number of thiazole rings is 1. The van der Waals surface area contributed by atoms with Gasteiger partial charge in [0.2, 0.25) is 0 Å². The lowest BCUT2D eigenvalue weighted by Gasteiger charge is -2.15. The summed E-state index contributed by atoms with van der Waals surface area (Å²) >= 11 is 7.60. The average molecular weight is 361 g/mol. The van der Waals surface area contributed by atoms with Crippen LogP contribution in [0.15, 0.2) is 22.6 Å². The van der Waals surface area contributed by atoms with Crippen molar-refractivity contribution in [2.75, 3.05) is 5.32 Å². The van der Waals surface area contributed by atoms with E-state index >= 15 is 0 Å². The number of nitrogens with zero attached hydrogens (tertiary/aromatic N) is 1. The minimum atomic E-state index is -0.265. The van der Waals surface area contributed by atoms with E-state index in [0.29, 0.717) is 27.4 Å². The Morgan fingerprint density at radius 3 is 3.12 bits per heavy atom. The van der Waals surface area contributed by atoms with Gasteiger partial charge in [-0.2, -0.15) is 0 Å². The normalized spacial score (nSPS) is 17.0. The summed E-state index contributed by atoms with van der Waals surface area (Å²) in [7, 11) is 0. The molecule has 0 saturated heterocycles. The van der Waals surface area contributed by atoms with E-state index in [1.807, 2.05) is 13.0 Å². The lowest BCUT2D eigenvalue weighted by Crippen LogP contribution is -2.12. The second-order valence-electron chi connectivity index (χ2n) is 6.39. The van der Waals surface area contributed by atoms with Crippen LogP contribution in [0.25, 0.3) is 11.0 Å². The largest absolute Gasteiger partial charge is 0.451 e. The minimum absolute atomic E-state index is 0.265. The van der Waals surface area contributed by atoms with Crippen molar-refractivity contribution in [3.63, 3.8) is 0 Å². The van der Waals surface area contributed by atoms with Gasteiger partial charge < -0.3 is 4.42 Å². The standard InChI is InChI=1S/C18H17ClN2O2S/c1-9-3-5-13-15(7-9)24-18(20-13)21-17(22)16-10(2)12-8-11(19)4-6-14(12)23-16/h4,6,8-9H,3,5,7H2,1-2H3,(H,20,21,22)/t9-/m1/s1. The molecule has 1 aliphatic carbocycles. The van der Waals surface area contributed by atoms with Crippen molar-refractivity contribution in [1.29, 1.82) is 0 Å². The van der Waals surface area contributed by atoms with E-state index in [0.717, 1.165) is 35.9 Å². The first-order chi connectivity index (χ1) is 11.5. The fraction of sp³-hybridized carbons (Fsp3) is 0.333. The predicted molar refractivity (Wildman–Crippen MR) is 97.2 cm³/mol. The number of hydrogen-bond donors (Lipinski definition) is 1. The maximum absolute atomic E-state index is 12.6. The van der Waals surface area contributed by atoms with Crippen LogP contribution in [-0.4, -0.2) is 10.9 Å². The first kappa shape index (κ1) is 15.7. The zero-order chi connectivity index (χ0) is 16.8. The molecule has 1 atom stereocenters. The molecule has 0 fully saturated rings. The molecule has 1 aliphatic rings. The van der Waals surface area contributed by atoms with Crippen LogP contribution in [0.3, 0.4) is 0 Å². The molecule has 4 nitrogen and oxygen atoms in total. The summed E-state index contributed by atoms with van der Waals surface area (Å²) in [6.07, 6.45) is 3.20. The molecule has 0 bridgehead atoms. The Morgan fingerprint density at radius 2 is 2.29 bits per heavy atom. The molecule has 2 heterocycles. The van der Waals surface area contributed by atoms with Gasteiger partial charge in [0.15, 0.2) is 10.9 Å². The first-order valence-electron chi connectivity index (χ1n) is 8.00. The van der Waals surface area contributed by atoms with Gasteiger partial charge >= 0.3 is 0 Å². The molecule has 24 heavy (non-hydrogen) atoms. The summed E-state index contributed by atoms with van der Waals surface area (Å²) in [5, 5.41) is 5.02. The molecule has 1 N–H and O–H groups in total. The third-order valence-electron chi connectivity index (χ3n) is 4.51. The van der Waals surface area contributed by atoms with Crippen molar-refractivity contribution >= 4 is 44.9 Å². The molecule has 0 unspecified atom stereocenters. The summed E-state index contributed by atoms with van der Waals surface area (Å²) in [6, 6.07) is 5.35. The van der Waals surface area contributed by atoms with E-state index < -0.39 is 0 Å². The number of fused-ring (bicyclic) bond motifs is 2. The van der Waals surface area contributed by atoms with Gasteiger partial charge in [-0.05, 0) is 50.3 Å². The molecule has 0 aliphatic heterocycles. The highest BCUT2D eigenvalue weighted by atomic mass is 35.5. The highest BCUT2D eigenvalue weighted by molar-refractivity contribution is 7.15.